The average molecular weight is 440 g/mol. The fourth-order valence-electron chi connectivity index (χ4n) is 1.79. The van der Waals surface area contributed by atoms with Crippen molar-refractivity contribution in [2.24, 2.45) is 0 Å². The van der Waals surface area contributed by atoms with Gasteiger partial charge in [0, 0.05) is 11.6 Å². The first-order valence-corrected chi connectivity index (χ1v) is 7.95. The van der Waals surface area contributed by atoms with Crippen molar-refractivity contribution in [1.82, 2.24) is 10.9 Å². The predicted molar refractivity (Wildman–Crippen MR) is 96.8 cm³/mol. The van der Waals surface area contributed by atoms with Crippen LogP contribution < -0.4 is 15.6 Å². The molecule has 0 aliphatic heterocycles. The van der Waals surface area contributed by atoms with Crippen molar-refractivity contribution in [3.63, 3.8) is 0 Å². The lowest BCUT2D eigenvalue weighted by Gasteiger charge is -2.07. The highest BCUT2D eigenvalue weighted by Gasteiger charge is 2.09. The van der Waals surface area contributed by atoms with Gasteiger partial charge >= 0.3 is 0 Å². The smallest absolute Gasteiger partial charge is 0.269 e. The second-order valence-corrected chi connectivity index (χ2v) is 5.84. The molecule has 2 N–H and O–H groups in total. The van der Waals surface area contributed by atoms with Crippen molar-refractivity contribution in [1.29, 1.82) is 0 Å². The number of methoxy groups -OCH3 is 1. The van der Waals surface area contributed by atoms with E-state index in [1.165, 1.54) is 36.4 Å². The van der Waals surface area contributed by atoms with E-state index in [0.29, 0.717) is 16.9 Å². The van der Waals surface area contributed by atoms with Crippen LogP contribution in [-0.2, 0) is 4.79 Å². The summed E-state index contributed by atoms with van der Waals surface area (Å²) in [4.78, 5) is 23.7. The van der Waals surface area contributed by atoms with E-state index in [-0.39, 0.29) is 5.82 Å². The number of hydrogen-bond donors (Lipinski definition) is 2. The first kappa shape index (κ1) is 17.9. The standard InChI is InChI=1S/C17H14FIN2O3/c1-24-15-8-5-12(10-14(15)19)17(23)21-20-16(22)9-4-11-2-6-13(18)7-3-11/h2-10H,1H3,(H,20,22)(H,21,23). The molecule has 2 rings (SSSR count). The number of carbonyl (C=O) groups excluding carboxylic acids is 2. The number of ether oxygens (including phenoxy) is 1. The van der Waals surface area contributed by atoms with Gasteiger partial charge in [0.05, 0.1) is 10.7 Å². The maximum Gasteiger partial charge on any atom is 0.269 e. The molecule has 0 aliphatic rings. The monoisotopic (exact) mass is 440 g/mol. The molecule has 0 heterocycles. The molecule has 2 amide bonds. The van der Waals surface area contributed by atoms with Crippen molar-refractivity contribution >= 4 is 40.5 Å². The Hall–Kier alpha value is -2.42. The highest BCUT2D eigenvalue weighted by Crippen LogP contribution is 2.21. The Bertz CT molecular complexity index is 776. The van der Waals surface area contributed by atoms with Crippen molar-refractivity contribution in [3.05, 3.63) is 69.1 Å². The lowest BCUT2D eigenvalue weighted by atomic mass is 10.2. The minimum Gasteiger partial charge on any atom is -0.496 e. The summed E-state index contributed by atoms with van der Waals surface area (Å²) in [5, 5.41) is 0. The Kier molecular flexibility index (Phi) is 6.30. The number of hydrazine groups is 1. The number of carbonyl (C=O) groups is 2. The molecule has 0 radical (unpaired) electrons. The van der Waals surface area contributed by atoms with Crippen LogP contribution in [0.25, 0.3) is 6.08 Å². The van der Waals surface area contributed by atoms with Gasteiger partial charge in [-0.3, -0.25) is 20.4 Å². The van der Waals surface area contributed by atoms with Crippen LogP contribution in [0.1, 0.15) is 15.9 Å². The third kappa shape index (κ3) is 5.05. The Morgan fingerprint density at radius 2 is 1.83 bits per heavy atom. The Morgan fingerprint density at radius 3 is 2.46 bits per heavy atom. The maximum absolute atomic E-state index is 12.8. The highest BCUT2D eigenvalue weighted by atomic mass is 127. The van der Waals surface area contributed by atoms with Gasteiger partial charge in [-0.2, -0.15) is 0 Å². The third-order valence-electron chi connectivity index (χ3n) is 3.01. The van der Waals surface area contributed by atoms with Gasteiger partial charge in [-0.05, 0) is 64.6 Å². The van der Waals surface area contributed by atoms with E-state index in [4.69, 9.17) is 4.74 Å². The van der Waals surface area contributed by atoms with E-state index in [1.54, 1.807) is 25.3 Å². The molecule has 0 aliphatic carbocycles. The zero-order valence-corrected chi connectivity index (χ0v) is 14.8. The zero-order chi connectivity index (χ0) is 17.5. The molecule has 2 aromatic rings. The van der Waals surface area contributed by atoms with Gasteiger partial charge in [-0.1, -0.05) is 12.1 Å². The molecule has 24 heavy (non-hydrogen) atoms. The Labute approximate surface area is 152 Å². The van der Waals surface area contributed by atoms with Crippen LogP contribution in [0.15, 0.2) is 48.5 Å². The summed E-state index contributed by atoms with van der Waals surface area (Å²) >= 11 is 2.05. The number of nitrogens with one attached hydrogen (secondary N) is 2. The third-order valence-corrected chi connectivity index (χ3v) is 3.85. The first-order valence-electron chi connectivity index (χ1n) is 6.87. The number of halogens is 2. The summed E-state index contributed by atoms with van der Waals surface area (Å²) in [6.45, 7) is 0. The van der Waals surface area contributed by atoms with Gasteiger partial charge in [0.2, 0.25) is 0 Å². The predicted octanol–water partition coefficient (Wildman–Crippen LogP) is 2.91. The van der Waals surface area contributed by atoms with Gasteiger partial charge in [-0.25, -0.2) is 4.39 Å². The lowest BCUT2D eigenvalue weighted by molar-refractivity contribution is -0.117. The van der Waals surface area contributed by atoms with Gasteiger partial charge in [0.1, 0.15) is 11.6 Å². The normalized spacial score (nSPS) is 10.5. The Morgan fingerprint density at radius 1 is 1.12 bits per heavy atom. The fraction of sp³-hybridized carbons (Fsp3) is 0.0588. The van der Waals surface area contributed by atoms with E-state index in [1.807, 2.05) is 0 Å². The fourth-order valence-corrected chi connectivity index (χ4v) is 2.52. The lowest BCUT2D eigenvalue weighted by Crippen LogP contribution is -2.40. The molecule has 0 unspecified atom stereocenters. The summed E-state index contributed by atoms with van der Waals surface area (Å²) < 4.78 is 18.7. The van der Waals surface area contributed by atoms with E-state index in [9.17, 15) is 14.0 Å². The second kappa shape index (κ2) is 8.44. The number of rotatable bonds is 4. The maximum atomic E-state index is 12.8. The van der Waals surface area contributed by atoms with E-state index in [2.05, 4.69) is 33.4 Å². The van der Waals surface area contributed by atoms with Crippen LogP contribution in [0.5, 0.6) is 5.75 Å². The SMILES string of the molecule is COc1ccc(C(=O)NNC(=O)C=Cc2ccc(F)cc2)cc1I. The van der Waals surface area contributed by atoms with Crippen molar-refractivity contribution < 1.29 is 18.7 Å². The minimum absolute atomic E-state index is 0.349. The van der Waals surface area contributed by atoms with Crippen molar-refractivity contribution in [2.45, 2.75) is 0 Å². The quantitative estimate of drug-likeness (QED) is 0.437. The molecule has 0 aromatic heterocycles. The van der Waals surface area contributed by atoms with Crippen LogP contribution in [0.2, 0.25) is 0 Å². The highest BCUT2D eigenvalue weighted by molar-refractivity contribution is 14.1. The summed E-state index contributed by atoms with van der Waals surface area (Å²) in [7, 11) is 1.55. The molecule has 124 valence electrons. The molecular formula is C17H14FIN2O3. The zero-order valence-electron chi connectivity index (χ0n) is 12.7. The molecular weight excluding hydrogens is 426 g/mol. The molecule has 0 saturated heterocycles. The summed E-state index contributed by atoms with van der Waals surface area (Å²) in [5.74, 6) is -0.633. The molecule has 0 saturated carbocycles. The summed E-state index contributed by atoms with van der Waals surface area (Å²) in [6.07, 6.45) is 2.75. The number of hydrogen-bond acceptors (Lipinski definition) is 3. The second-order valence-electron chi connectivity index (χ2n) is 4.68. The van der Waals surface area contributed by atoms with Gasteiger partial charge < -0.3 is 4.74 Å². The summed E-state index contributed by atoms with van der Waals surface area (Å²) in [6, 6.07) is 10.6. The topological polar surface area (TPSA) is 67.4 Å². The molecule has 0 atom stereocenters. The van der Waals surface area contributed by atoms with E-state index < -0.39 is 11.8 Å². The molecule has 5 nitrogen and oxygen atoms in total. The summed E-state index contributed by atoms with van der Waals surface area (Å²) in [5.41, 5.74) is 5.65. The number of amides is 2. The number of benzene rings is 2. The molecule has 2 aromatic carbocycles. The van der Waals surface area contributed by atoms with E-state index in [0.717, 1.165) is 3.57 Å². The Balaban J connectivity index is 1.90. The van der Waals surface area contributed by atoms with Gasteiger partial charge in [0.25, 0.3) is 11.8 Å². The van der Waals surface area contributed by atoms with Crippen LogP contribution in [0.4, 0.5) is 4.39 Å². The molecule has 0 bridgehead atoms. The molecule has 0 fully saturated rings. The van der Waals surface area contributed by atoms with E-state index >= 15 is 0 Å². The largest absolute Gasteiger partial charge is 0.496 e. The first-order chi connectivity index (χ1) is 11.5. The average Bonchev–Trinajstić information content (AvgIpc) is 2.59. The van der Waals surface area contributed by atoms with Crippen LogP contribution in [0, 0.1) is 9.39 Å². The molecule has 0 spiro atoms. The minimum atomic E-state index is -0.504. The van der Waals surface area contributed by atoms with Gasteiger partial charge in [0.15, 0.2) is 0 Å². The molecule has 7 heteroatoms. The van der Waals surface area contributed by atoms with Crippen LogP contribution in [0.3, 0.4) is 0 Å². The van der Waals surface area contributed by atoms with Crippen molar-refractivity contribution in [2.75, 3.05) is 7.11 Å². The van der Waals surface area contributed by atoms with Crippen LogP contribution in [-0.4, -0.2) is 18.9 Å². The van der Waals surface area contributed by atoms with Gasteiger partial charge in [-0.15, -0.1) is 0 Å². The van der Waals surface area contributed by atoms with Crippen LogP contribution >= 0.6 is 22.6 Å². The van der Waals surface area contributed by atoms with Crippen molar-refractivity contribution in [3.8, 4) is 5.75 Å².